The van der Waals surface area contributed by atoms with Crippen molar-refractivity contribution in [3.05, 3.63) is 68.7 Å². The topological polar surface area (TPSA) is 66.5 Å². The summed E-state index contributed by atoms with van der Waals surface area (Å²) in [7, 11) is 0. The first-order chi connectivity index (χ1) is 13.7. The number of carbonyl (C=O) groups excluding carboxylic acids is 3. The van der Waals surface area contributed by atoms with Crippen molar-refractivity contribution in [2.24, 2.45) is 0 Å². The standard InChI is InChI=1S/C22H22Cl2N2O3/c1-4-13-6-7-14(5-2)16(10-13)19(27)12-26-20(28)22(3,25-21(26)29)15-8-9-17(23)18(24)11-15/h6-11H,4-5,12H2,1-3H3,(H,25,29). The number of carbonyl (C=O) groups is 3. The lowest BCUT2D eigenvalue weighted by molar-refractivity contribution is -0.130. The molecule has 0 radical (unpaired) electrons. The number of halogens is 2. The molecule has 0 bridgehead atoms. The van der Waals surface area contributed by atoms with Gasteiger partial charge in [-0.3, -0.25) is 14.5 Å². The fourth-order valence-corrected chi connectivity index (χ4v) is 3.78. The fraction of sp³-hybridized carbons (Fsp3) is 0.318. The minimum Gasteiger partial charge on any atom is -0.319 e. The number of benzene rings is 2. The first-order valence-corrected chi connectivity index (χ1v) is 10.2. The van der Waals surface area contributed by atoms with Gasteiger partial charge < -0.3 is 5.32 Å². The van der Waals surface area contributed by atoms with Crippen LogP contribution in [-0.2, 0) is 23.2 Å². The minimum absolute atomic E-state index is 0.265. The molecule has 1 unspecified atom stereocenters. The second-order valence-corrected chi connectivity index (χ2v) is 8.01. The number of ketones is 1. The maximum Gasteiger partial charge on any atom is 0.325 e. The third-order valence-corrected chi connectivity index (χ3v) is 6.08. The molecule has 1 saturated heterocycles. The Kier molecular flexibility index (Phi) is 6.01. The summed E-state index contributed by atoms with van der Waals surface area (Å²) < 4.78 is 0. The molecular weight excluding hydrogens is 411 g/mol. The summed E-state index contributed by atoms with van der Waals surface area (Å²) >= 11 is 12.0. The van der Waals surface area contributed by atoms with Crippen LogP contribution in [0.15, 0.2) is 36.4 Å². The molecule has 3 amide bonds. The molecule has 29 heavy (non-hydrogen) atoms. The summed E-state index contributed by atoms with van der Waals surface area (Å²) in [4.78, 5) is 39.6. The average Bonchev–Trinajstić information content (AvgIpc) is 2.93. The van der Waals surface area contributed by atoms with Gasteiger partial charge in [-0.15, -0.1) is 0 Å². The zero-order valence-corrected chi connectivity index (χ0v) is 18.0. The molecule has 3 rings (SSSR count). The zero-order valence-electron chi connectivity index (χ0n) is 16.5. The highest BCUT2D eigenvalue weighted by molar-refractivity contribution is 6.42. The SMILES string of the molecule is CCc1ccc(CC)c(C(=O)CN2C(=O)NC(C)(c3ccc(Cl)c(Cl)c3)C2=O)c1. The maximum absolute atomic E-state index is 13.1. The highest BCUT2D eigenvalue weighted by atomic mass is 35.5. The Morgan fingerprint density at radius 1 is 1.03 bits per heavy atom. The van der Waals surface area contributed by atoms with Gasteiger partial charge in [0.15, 0.2) is 5.78 Å². The molecule has 1 fully saturated rings. The van der Waals surface area contributed by atoms with Crippen LogP contribution in [0.25, 0.3) is 0 Å². The lowest BCUT2D eigenvalue weighted by atomic mass is 9.92. The van der Waals surface area contributed by atoms with Gasteiger partial charge >= 0.3 is 6.03 Å². The number of amides is 3. The van der Waals surface area contributed by atoms with Crippen LogP contribution < -0.4 is 5.32 Å². The van der Waals surface area contributed by atoms with Gasteiger partial charge in [-0.1, -0.05) is 55.2 Å². The minimum atomic E-state index is -1.32. The summed E-state index contributed by atoms with van der Waals surface area (Å²) in [6, 6.07) is 9.91. The zero-order chi connectivity index (χ0) is 21.3. The van der Waals surface area contributed by atoms with Gasteiger partial charge in [0.1, 0.15) is 5.54 Å². The van der Waals surface area contributed by atoms with E-state index in [-0.39, 0.29) is 17.4 Å². The van der Waals surface area contributed by atoms with Crippen molar-refractivity contribution in [1.29, 1.82) is 0 Å². The Labute approximate surface area is 180 Å². The third-order valence-electron chi connectivity index (χ3n) is 5.34. The first kappa shape index (κ1) is 21.3. The molecular formula is C22H22Cl2N2O3. The van der Waals surface area contributed by atoms with Crippen LogP contribution >= 0.6 is 23.2 Å². The molecule has 1 atom stereocenters. The van der Waals surface area contributed by atoms with E-state index in [4.69, 9.17) is 23.2 Å². The highest BCUT2D eigenvalue weighted by Gasteiger charge is 2.49. The molecule has 2 aromatic rings. The predicted octanol–water partition coefficient (Wildman–Crippen LogP) is 4.77. The monoisotopic (exact) mass is 432 g/mol. The van der Waals surface area contributed by atoms with Gasteiger partial charge in [0.2, 0.25) is 0 Å². The molecule has 1 aliphatic heterocycles. The Morgan fingerprint density at radius 3 is 2.38 bits per heavy atom. The molecule has 1 aliphatic rings. The van der Waals surface area contributed by atoms with Gasteiger partial charge in [-0.05, 0) is 54.7 Å². The number of hydrogen-bond acceptors (Lipinski definition) is 3. The van der Waals surface area contributed by atoms with Crippen molar-refractivity contribution in [3.63, 3.8) is 0 Å². The van der Waals surface area contributed by atoms with Gasteiger partial charge in [-0.25, -0.2) is 4.79 Å². The van der Waals surface area contributed by atoms with E-state index in [2.05, 4.69) is 5.32 Å². The van der Waals surface area contributed by atoms with Crippen molar-refractivity contribution in [1.82, 2.24) is 10.2 Å². The Hall–Kier alpha value is -2.37. The second kappa shape index (κ2) is 8.17. The first-order valence-electron chi connectivity index (χ1n) is 9.45. The predicted molar refractivity (Wildman–Crippen MR) is 114 cm³/mol. The summed E-state index contributed by atoms with van der Waals surface area (Å²) in [6.45, 7) is 5.25. The summed E-state index contributed by atoms with van der Waals surface area (Å²) in [5.74, 6) is -0.766. The number of nitrogens with zero attached hydrogens (tertiary/aromatic N) is 1. The largest absolute Gasteiger partial charge is 0.325 e. The van der Waals surface area contributed by atoms with Crippen LogP contribution in [0, 0.1) is 0 Å². The van der Waals surface area contributed by atoms with E-state index in [0.29, 0.717) is 22.6 Å². The lowest BCUT2D eigenvalue weighted by Crippen LogP contribution is -2.41. The molecule has 0 saturated carbocycles. The van der Waals surface area contributed by atoms with Crippen molar-refractivity contribution in [3.8, 4) is 0 Å². The van der Waals surface area contributed by atoms with Crippen molar-refractivity contribution < 1.29 is 14.4 Å². The molecule has 152 valence electrons. The highest BCUT2D eigenvalue weighted by Crippen LogP contribution is 2.33. The van der Waals surface area contributed by atoms with Gasteiger partial charge in [0, 0.05) is 5.56 Å². The number of aryl methyl sites for hydroxylation is 2. The molecule has 7 heteroatoms. The average molecular weight is 433 g/mol. The van der Waals surface area contributed by atoms with Gasteiger partial charge in [-0.2, -0.15) is 0 Å². The Balaban J connectivity index is 1.89. The van der Waals surface area contributed by atoms with E-state index in [9.17, 15) is 14.4 Å². The van der Waals surface area contributed by atoms with Crippen LogP contribution in [0.4, 0.5) is 4.79 Å². The number of imide groups is 1. The van der Waals surface area contributed by atoms with Crippen LogP contribution in [-0.4, -0.2) is 29.2 Å². The molecule has 0 aromatic heterocycles. The van der Waals surface area contributed by atoms with Gasteiger partial charge in [0.05, 0.1) is 16.6 Å². The fourth-order valence-electron chi connectivity index (χ4n) is 3.48. The number of rotatable bonds is 6. The van der Waals surface area contributed by atoms with E-state index in [1.165, 1.54) is 0 Å². The molecule has 0 spiro atoms. The Morgan fingerprint density at radius 2 is 1.76 bits per heavy atom. The Bertz CT molecular complexity index is 1010. The second-order valence-electron chi connectivity index (χ2n) is 7.20. The van der Waals surface area contributed by atoms with Crippen LogP contribution in [0.3, 0.4) is 0 Å². The normalized spacial score (nSPS) is 18.9. The van der Waals surface area contributed by atoms with Crippen molar-refractivity contribution in [2.45, 2.75) is 39.2 Å². The summed E-state index contributed by atoms with van der Waals surface area (Å²) in [6.07, 6.45) is 1.48. The maximum atomic E-state index is 13.1. The van der Waals surface area contributed by atoms with Gasteiger partial charge in [0.25, 0.3) is 5.91 Å². The molecule has 1 heterocycles. The molecule has 5 nitrogen and oxygen atoms in total. The van der Waals surface area contributed by atoms with Crippen LogP contribution in [0.1, 0.15) is 47.8 Å². The summed E-state index contributed by atoms with van der Waals surface area (Å²) in [5.41, 5.74) is 1.66. The number of Topliss-reactive ketones (excluding diaryl/α,β-unsaturated/α-hetero) is 1. The van der Waals surface area contributed by atoms with Crippen molar-refractivity contribution in [2.75, 3.05) is 6.54 Å². The van der Waals surface area contributed by atoms with E-state index in [1.807, 2.05) is 32.0 Å². The van der Waals surface area contributed by atoms with E-state index in [1.54, 1.807) is 25.1 Å². The number of nitrogens with one attached hydrogen (secondary N) is 1. The third kappa shape index (κ3) is 3.89. The van der Waals surface area contributed by atoms with E-state index in [0.717, 1.165) is 22.4 Å². The van der Waals surface area contributed by atoms with Crippen LogP contribution in [0.2, 0.25) is 10.0 Å². The van der Waals surface area contributed by atoms with E-state index < -0.39 is 17.5 Å². The van der Waals surface area contributed by atoms with Crippen molar-refractivity contribution >= 4 is 40.9 Å². The number of hydrogen-bond donors (Lipinski definition) is 1. The quantitative estimate of drug-likeness (QED) is 0.527. The lowest BCUT2D eigenvalue weighted by Gasteiger charge is -2.22. The van der Waals surface area contributed by atoms with E-state index >= 15 is 0 Å². The summed E-state index contributed by atoms with van der Waals surface area (Å²) in [5, 5.41) is 3.32. The smallest absolute Gasteiger partial charge is 0.319 e. The molecule has 1 N–H and O–H groups in total. The molecule has 0 aliphatic carbocycles. The number of urea groups is 1. The van der Waals surface area contributed by atoms with Crippen LogP contribution in [0.5, 0.6) is 0 Å². The molecule has 2 aromatic carbocycles.